The fourth-order valence-electron chi connectivity index (χ4n) is 9.62. The molecular formula is C53H36BN2O. The Labute approximate surface area is 332 Å². The van der Waals surface area contributed by atoms with Gasteiger partial charge in [0, 0.05) is 44.5 Å². The van der Waals surface area contributed by atoms with Crippen LogP contribution in [0.4, 0.5) is 28.4 Å². The molecule has 0 unspecified atom stereocenters. The highest BCUT2D eigenvalue weighted by Crippen LogP contribution is 2.53. The minimum atomic E-state index is -0.145. The Bertz CT molecular complexity index is 3270. The van der Waals surface area contributed by atoms with E-state index in [1.807, 2.05) is 0 Å². The van der Waals surface area contributed by atoms with Crippen LogP contribution in [0, 0.1) is 0 Å². The number of furan rings is 1. The minimum Gasteiger partial charge on any atom is -0.456 e. The number of anilines is 5. The lowest BCUT2D eigenvalue weighted by Gasteiger charge is -2.46. The number of para-hydroxylation sites is 2. The Balaban J connectivity index is 1.13. The van der Waals surface area contributed by atoms with Crippen molar-refractivity contribution in [2.45, 2.75) is 19.3 Å². The van der Waals surface area contributed by atoms with Crippen LogP contribution in [0.3, 0.4) is 0 Å². The molecule has 9 aromatic carbocycles. The van der Waals surface area contributed by atoms with Gasteiger partial charge in [0.15, 0.2) is 7.28 Å². The number of rotatable bonds is 4. The molecule has 0 bridgehead atoms. The van der Waals surface area contributed by atoms with Crippen LogP contribution in [0.2, 0.25) is 0 Å². The van der Waals surface area contributed by atoms with Crippen molar-refractivity contribution in [1.29, 1.82) is 0 Å². The van der Waals surface area contributed by atoms with Crippen LogP contribution in [-0.4, -0.2) is 7.28 Å². The highest BCUT2D eigenvalue weighted by Gasteiger charge is 2.41. The lowest BCUT2D eigenvalue weighted by atomic mass is 9.55. The SMILES string of the molecule is CC1(C)c2ccccc2N2c3cc4ccccc4c(-c4cc5oc6cc7ccccc7cc6c5cc4Nc4ccc(-c5ccccc5)cc4)c3[B]c3cccc1c32. The third-order valence-corrected chi connectivity index (χ3v) is 12.4. The van der Waals surface area contributed by atoms with Crippen LogP contribution in [-0.2, 0) is 5.41 Å². The average Bonchev–Trinajstić information content (AvgIpc) is 3.59. The summed E-state index contributed by atoms with van der Waals surface area (Å²) in [5.74, 6) is 0. The average molecular weight is 728 g/mol. The van der Waals surface area contributed by atoms with Crippen molar-refractivity contribution in [3.8, 4) is 22.3 Å². The summed E-state index contributed by atoms with van der Waals surface area (Å²) in [6.07, 6.45) is 0. The number of fused-ring (bicyclic) bond motifs is 9. The zero-order valence-electron chi connectivity index (χ0n) is 31.7. The quantitative estimate of drug-likeness (QED) is 0.183. The van der Waals surface area contributed by atoms with Gasteiger partial charge in [0.05, 0.1) is 5.69 Å². The first-order valence-electron chi connectivity index (χ1n) is 19.8. The monoisotopic (exact) mass is 727 g/mol. The second-order valence-corrected chi connectivity index (χ2v) is 16.0. The van der Waals surface area contributed by atoms with Crippen LogP contribution in [0.5, 0.6) is 0 Å². The maximum atomic E-state index is 6.79. The van der Waals surface area contributed by atoms with E-state index >= 15 is 0 Å². The normalized spacial score (nSPS) is 13.7. The summed E-state index contributed by atoms with van der Waals surface area (Å²) in [5, 5.41) is 10.9. The minimum absolute atomic E-state index is 0.145. The predicted molar refractivity (Wildman–Crippen MR) is 241 cm³/mol. The van der Waals surface area contributed by atoms with Crippen LogP contribution in [0.25, 0.3) is 65.7 Å². The zero-order valence-corrected chi connectivity index (χ0v) is 31.7. The van der Waals surface area contributed by atoms with Gasteiger partial charge in [0.2, 0.25) is 0 Å². The van der Waals surface area contributed by atoms with Crippen molar-refractivity contribution in [3.63, 3.8) is 0 Å². The van der Waals surface area contributed by atoms with Crippen LogP contribution < -0.4 is 21.1 Å². The van der Waals surface area contributed by atoms with Crippen molar-refractivity contribution >= 4 is 90.1 Å². The number of nitrogens with zero attached hydrogens (tertiary/aromatic N) is 1. The first-order chi connectivity index (χ1) is 28.0. The predicted octanol–water partition coefficient (Wildman–Crippen LogP) is 13.0. The molecule has 12 rings (SSSR count). The largest absolute Gasteiger partial charge is 0.456 e. The molecule has 0 fully saturated rings. The topological polar surface area (TPSA) is 28.4 Å². The molecule has 1 aromatic heterocycles. The van der Waals surface area contributed by atoms with Gasteiger partial charge in [-0.05, 0) is 103 Å². The summed E-state index contributed by atoms with van der Waals surface area (Å²) in [5.41, 5.74) is 17.1. The first kappa shape index (κ1) is 32.2. The molecule has 4 heteroatoms. The number of hydrogen-bond acceptors (Lipinski definition) is 3. The van der Waals surface area contributed by atoms with E-state index < -0.39 is 0 Å². The summed E-state index contributed by atoms with van der Waals surface area (Å²) < 4.78 is 6.79. The highest BCUT2D eigenvalue weighted by molar-refractivity contribution is 6.74. The van der Waals surface area contributed by atoms with Gasteiger partial charge in [0.25, 0.3) is 0 Å². The van der Waals surface area contributed by atoms with E-state index in [1.54, 1.807) is 0 Å². The Hall–Kier alpha value is -7.04. The molecule has 57 heavy (non-hydrogen) atoms. The van der Waals surface area contributed by atoms with E-state index in [1.165, 1.54) is 77.3 Å². The Morgan fingerprint density at radius 2 is 1.19 bits per heavy atom. The van der Waals surface area contributed by atoms with Crippen LogP contribution in [0.1, 0.15) is 25.0 Å². The molecule has 0 atom stereocenters. The molecule has 0 amide bonds. The molecule has 10 aromatic rings. The number of hydrogen-bond donors (Lipinski definition) is 1. The highest BCUT2D eigenvalue weighted by atomic mass is 16.3. The van der Waals surface area contributed by atoms with Crippen molar-refractivity contribution < 1.29 is 4.42 Å². The van der Waals surface area contributed by atoms with Crippen molar-refractivity contribution in [3.05, 3.63) is 187 Å². The Morgan fingerprint density at radius 1 is 0.526 bits per heavy atom. The van der Waals surface area contributed by atoms with E-state index in [9.17, 15) is 0 Å². The maximum Gasteiger partial charge on any atom is 0.197 e. The second-order valence-electron chi connectivity index (χ2n) is 16.0. The van der Waals surface area contributed by atoms with Gasteiger partial charge >= 0.3 is 0 Å². The van der Waals surface area contributed by atoms with E-state index in [0.717, 1.165) is 38.9 Å². The molecule has 0 spiro atoms. The van der Waals surface area contributed by atoms with Gasteiger partial charge in [-0.3, -0.25) is 0 Å². The van der Waals surface area contributed by atoms with E-state index in [0.29, 0.717) is 0 Å². The molecule has 0 saturated carbocycles. The summed E-state index contributed by atoms with van der Waals surface area (Å²) in [7, 11) is 2.42. The van der Waals surface area contributed by atoms with Gasteiger partial charge in [-0.15, -0.1) is 0 Å². The fraction of sp³-hybridized carbons (Fsp3) is 0.0566. The molecular weight excluding hydrogens is 691 g/mol. The standard InChI is InChI=1S/C53H36BN2O/c1-53(2)42-19-10-11-22-46(42)56-47-28-36-17-8-9-18-38(36)50(51(47)54-44-21-12-20-43(53)52(44)56)41-31-49-40(39-27-34-15-6-7-16-35(34)29-48(39)57-49)30-45(41)55-37-25-23-33(24-26-37)32-13-4-3-5-14-32/h3-31,55H,1-2H3. The smallest absolute Gasteiger partial charge is 0.197 e. The van der Waals surface area contributed by atoms with Gasteiger partial charge in [0.1, 0.15) is 11.2 Å². The molecule has 1 radical (unpaired) electrons. The van der Waals surface area contributed by atoms with Gasteiger partial charge in [-0.2, -0.15) is 0 Å². The molecule has 1 N–H and O–H groups in total. The third-order valence-electron chi connectivity index (χ3n) is 12.4. The summed E-state index contributed by atoms with van der Waals surface area (Å²) in [6.45, 7) is 4.71. The van der Waals surface area contributed by atoms with E-state index in [2.05, 4.69) is 207 Å². The summed E-state index contributed by atoms with van der Waals surface area (Å²) in [6, 6.07) is 63.8. The van der Waals surface area contributed by atoms with E-state index in [4.69, 9.17) is 4.42 Å². The fourth-order valence-corrected chi connectivity index (χ4v) is 9.62. The van der Waals surface area contributed by atoms with E-state index in [-0.39, 0.29) is 5.41 Å². The van der Waals surface area contributed by atoms with Gasteiger partial charge < -0.3 is 14.6 Å². The van der Waals surface area contributed by atoms with Crippen molar-refractivity contribution in [2.75, 3.05) is 10.2 Å². The van der Waals surface area contributed by atoms with Crippen LogP contribution in [0.15, 0.2) is 180 Å². The van der Waals surface area contributed by atoms with Gasteiger partial charge in [-0.25, -0.2) is 0 Å². The summed E-state index contributed by atoms with van der Waals surface area (Å²) in [4.78, 5) is 2.53. The number of benzene rings is 9. The molecule has 0 aliphatic carbocycles. The number of nitrogens with one attached hydrogen (secondary N) is 1. The van der Waals surface area contributed by atoms with Gasteiger partial charge in [-0.1, -0.05) is 147 Å². The van der Waals surface area contributed by atoms with Crippen molar-refractivity contribution in [2.24, 2.45) is 0 Å². The zero-order chi connectivity index (χ0) is 37.8. The molecule has 2 aliphatic rings. The van der Waals surface area contributed by atoms with Crippen LogP contribution >= 0.6 is 0 Å². The third kappa shape index (κ3) is 4.80. The maximum absolute atomic E-state index is 6.79. The molecule has 3 heterocycles. The summed E-state index contributed by atoms with van der Waals surface area (Å²) >= 11 is 0. The molecule has 2 aliphatic heterocycles. The first-order valence-corrected chi connectivity index (χ1v) is 19.8. The molecule has 267 valence electrons. The lowest BCUT2D eigenvalue weighted by Crippen LogP contribution is -2.45. The Kier molecular flexibility index (Phi) is 6.77. The molecule has 3 nitrogen and oxygen atoms in total. The molecule has 0 saturated heterocycles. The van der Waals surface area contributed by atoms with Crippen molar-refractivity contribution in [1.82, 2.24) is 0 Å². The lowest BCUT2D eigenvalue weighted by molar-refractivity contribution is 0.632. The Morgan fingerprint density at radius 3 is 2.04 bits per heavy atom. The second kappa shape index (κ2) is 12.0.